The van der Waals surface area contributed by atoms with Crippen LogP contribution in [0.1, 0.15) is 9.67 Å². The quantitative estimate of drug-likeness (QED) is 0.705. The summed E-state index contributed by atoms with van der Waals surface area (Å²) in [6.45, 7) is 0. The van der Waals surface area contributed by atoms with Crippen molar-refractivity contribution >= 4 is 27.4 Å². The molecule has 3 nitrogen and oxygen atoms in total. The van der Waals surface area contributed by atoms with Crippen molar-refractivity contribution in [1.29, 1.82) is 0 Å². The topological polar surface area (TPSA) is 46.5 Å². The first-order chi connectivity index (χ1) is 11.0. The van der Waals surface area contributed by atoms with Crippen molar-refractivity contribution in [2.45, 2.75) is 0 Å². The molecule has 118 valence electrons. The fourth-order valence-electron chi connectivity index (χ4n) is 2.41. The highest BCUT2D eigenvalue weighted by Crippen LogP contribution is 2.42. The van der Waals surface area contributed by atoms with E-state index in [1.165, 1.54) is 0 Å². The number of halogens is 3. The maximum Gasteiger partial charge on any atom is 0.346 e. The predicted octanol–water partition coefficient (Wildman–Crippen LogP) is 4.69. The van der Waals surface area contributed by atoms with E-state index in [9.17, 15) is 23.1 Å². The van der Waals surface area contributed by atoms with Gasteiger partial charge in [0.2, 0.25) is 5.82 Å². The van der Waals surface area contributed by atoms with E-state index in [1.54, 1.807) is 24.3 Å². The fraction of sp³-hybridized carbons (Fsp3) is 0.0625. The standard InChI is InChI=1S/C16H9F3O3S/c1-22-14-12(18)8(6-9(17)13(14)19)11-7-4-2-3-5-10(7)23-15(11)16(20)21/h2-6H,1H3,(H,20,21). The highest BCUT2D eigenvalue weighted by Gasteiger charge is 2.26. The van der Waals surface area contributed by atoms with Crippen LogP contribution in [0.3, 0.4) is 0 Å². The first kappa shape index (κ1) is 15.4. The Labute approximate surface area is 132 Å². The van der Waals surface area contributed by atoms with Gasteiger partial charge < -0.3 is 9.84 Å². The molecule has 0 aliphatic heterocycles. The van der Waals surface area contributed by atoms with Gasteiger partial charge >= 0.3 is 5.97 Å². The van der Waals surface area contributed by atoms with Gasteiger partial charge in [0.15, 0.2) is 17.4 Å². The van der Waals surface area contributed by atoms with Crippen LogP contribution in [0.25, 0.3) is 21.2 Å². The number of hydrogen-bond acceptors (Lipinski definition) is 3. The number of carboxylic acid groups (broad SMARTS) is 1. The van der Waals surface area contributed by atoms with Crippen LogP contribution in [0.15, 0.2) is 30.3 Å². The Morgan fingerprint density at radius 2 is 1.87 bits per heavy atom. The van der Waals surface area contributed by atoms with Crippen molar-refractivity contribution in [2.24, 2.45) is 0 Å². The number of hydrogen-bond donors (Lipinski definition) is 1. The Hall–Kier alpha value is -2.54. The van der Waals surface area contributed by atoms with Gasteiger partial charge in [-0.15, -0.1) is 11.3 Å². The number of benzene rings is 2. The van der Waals surface area contributed by atoms with Crippen molar-refractivity contribution in [3.63, 3.8) is 0 Å². The monoisotopic (exact) mass is 338 g/mol. The van der Waals surface area contributed by atoms with Crippen LogP contribution >= 0.6 is 11.3 Å². The predicted molar refractivity (Wildman–Crippen MR) is 80.6 cm³/mol. The summed E-state index contributed by atoms with van der Waals surface area (Å²) in [5, 5.41) is 9.80. The summed E-state index contributed by atoms with van der Waals surface area (Å²) in [5.74, 6) is -6.07. The highest BCUT2D eigenvalue weighted by molar-refractivity contribution is 7.21. The minimum atomic E-state index is -1.45. The van der Waals surface area contributed by atoms with E-state index in [2.05, 4.69) is 4.74 Å². The molecule has 1 N–H and O–H groups in total. The largest absolute Gasteiger partial charge is 0.491 e. The molecule has 0 unspecified atom stereocenters. The zero-order valence-corrected chi connectivity index (χ0v) is 12.5. The number of thiophene rings is 1. The van der Waals surface area contributed by atoms with Gasteiger partial charge in [0.05, 0.1) is 7.11 Å². The molecule has 0 atom stereocenters. The van der Waals surface area contributed by atoms with E-state index in [4.69, 9.17) is 0 Å². The van der Waals surface area contributed by atoms with E-state index in [1.807, 2.05) is 0 Å². The molecule has 1 heterocycles. The summed E-state index contributed by atoms with van der Waals surface area (Å²) >= 11 is 0.936. The molecular weight excluding hydrogens is 329 g/mol. The average Bonchev–Trinajstić information content (AvgIpc) is 2.91. The third-order valence-electron chi connectivity index (χ3n) is 3.38. The molecule has 0 saturated heterocycles. The lowest BCUT2D eigenvalue weighted by atomic mass is 10.0. The lowest BCUT2D eigenvalue weighted by Crippen LogP contribution is -2.01. The number of carbonyl (C=O) groups is 1. The molecule has 0 fully saturated rings. The molecule has 3 rings (SSSR count). The van der Waals surface area contributed by atoms with Gasteiger partial charge in [0, 0.05) is 21.2 Å². The Morgan fingerprint density at radius 1 is 1.17 bits per heavy atom. The van der Waals surface area contributed by atoms with Crippen LogP contribution in [0.5, 0.6) is 5.75 Å². The highest BCUT2D eigenvalue weighted by atomic mass is 32.1. The van der Waals surface area contributed by atoms with Gasteiger partial charge in [0.1, 0.15) is 4.88 Å². The zero-order chi connectivity index (χ0) is 16.7. The van der Waals surface area contributed by atoms with Crippen LogP contribution < -0.4 is 4.74 Å². The lowest BCUT2D eigenvalue weighted by molar-refractivity contribution is 0.0703. The molecule has 3 aromatic rings. The van der Waals surface area contributed by atoms with Crippen molar-refractivity contribution < 1.29 is 27.8 Å². The molecule has 0 spiro atoms. The summed E-state index contributed by atoms with van der Waals surface area (Å²) in [6, 6.07) is 7.27. The van der Waals surface area contributed by atoms with Crippen molar-refractivity contribution in [3.05, 3.63) is 52.7 Å². The lowest BCUT2D eigenvalue weighted by Gasteiger charge is -2.10. The molecule has 0 amide bonds. The molecule has 0 radical (unpaired) electrons. The molecule has 0 saturated carbocycles. The summed E-state index contributed by atoms with van der Waals surface area (Å²) in [6.07, 6.45) is 0. The number of aromatic carboxylic acids is 1. The summed E-state index contributed by atoms with van der Waals surface area (Å²) in [5.41, 5.74) is -0.344. The molecule has 1 aromatic heterocycles. The average molecular weight is 338 g/mol. The smallest absolute Gasteiger partial charge is 0.346 e. The van der Waals surface area contributed by atoms with Gasteiger partial charge in [-0.3, -0.25) is 0 Å². The number of methoxy groups -OCH3 is 1. The van der Waals surface area contributed by atoms with Crippen molar-refractivity contribution in [3.8, 4) is 16.9 Å². The SMILES string of the molecule is COc1c(F)c(F)cc(-c2c(C(=O)O)sc3ccccc23)c1F. The maximum atomic E-state index is 14.5. The van der Waals surface area contributed by atoms with Crippen molar-refractivity contribution in [2.75, 3.05) is 7.11 Å². The summed E-state index contributed by atoms with van der Waals surface area (Å²) < 4.78 is 47.1. The number of fused-ring (bicyclic) bond motifs is 1. The zero-order valence-electron chi connectivity index (χ0n) is 11.7. The Balaban J connectivity index is 2.44. The maximum absolute atomic E-state index is 14.5. The summed E-state index contributed by atoms with van der Waals surface area (Å²) in [4.78, 5) is 11.3. The number of ether oxygens (including phenoxy) is 1. The van der Waals surface area contributed by atoms with Gasteiger partial charge in [-0.1, -0.05) is 18.2 Å². The Kier molecular flexibility index (Phi) is 3.73. The molecule has 2 aromatic carbocycles. The molecule has 7 heteroatoms. The third kappa shape index (κ3) is 2.33. The van der Waals surface area contributed by atoms with E-state index in [0.29, 0.717) is 16.2 Å². The molecular formula is C16H9F3O3S. The van der Waals surface area contributed by atoms with Crippen LogP contribution in [0.2, 0.25) is 0 Å². The second kappa shape index (κ2) is 5.58. The Morgan fingerprint density at radius 3 is 2.52 bits per heavy atom. The van der Waals surface area contributed by atoms with E-state index in [0.717, 1.165) is 18.4 Å². The van der Waals surface area contributed by atoms with Crippen LogP contribution in [-0.2, 0) is 0 Å². The number of carboxylic acids is 1. The second-order valence-corrected chi connectivity index (χ2v) is 5.73. The molecule has 0 aliphatic carbocycles. The van der Waals surface area contributed by atoms with E-state index >= 15 is 0 Å². The van der Waals surface area contributed by atoms with Gasteiger partial charge in [-0.05, 0) is 12.1 Å². The van der Waals surface area contributed by atoms with Gasteiger partial charge in [0.25, 0.3) is 0 Å². The minimum absolute atomic E-state index is 0.00722. The first-order valence-electron chi connectivity index (χ1n) is 6.42. The normalized spacial score (nSPS) is 11.0. The van der Waals surface area contributed by atoms with Crippen LogP contribution in [-0.4, -0.2) is 18.2 Å². The van der Waals surface area contributed by atoms with Gasteiger partial charge in [-0.25, -0.2) is 13.6 Å². The first-order valence-corrected chi connectivity index (χ1v) is 7.24. The van der Waals surface area contributed by atoms with Crippen LogP contribution in [0.4, 0.5) is 13.2 Å². The third-order valence-corrected chi connectivity index (χ3v) is 4.54. The summed E-state index contributed by atoms with van der Waals surface area (Å²) in [7, 11) is 1.01. The molecule has 23 heavy (non-hydrogen) atoms. The fourth-order valence-corrected chi connectivity index (χ4v) is 3.46. The van der Waals surface area contributed by atoms with E-state index < -0.39 is 29.2 Å². The Bertz CT molecular complexity index is 934. The van der Waals surface area contributed by atoms with E-state index in [-0.39, 0.29) is 16.0 Å². The second-order valence-electron chi connectivity index (χ2n) is 4.67. The van der Waals surface area contributed by atoms with Crippen molar-refractivity contribution in [1.82, 2.24) is 0 Å². The number of rotatable bonds is 3. The van der Waals surface area contributed by atoms with Crippen LogP contribution in [0, 0.1) is 17.5 Å². The minimum Gasteiger partial charge on any atom is -0.491 e. The molecule has 0 aliphatic rings. The van der Waals surface area contributed by atoms with Gasteiger partial charge in [-0.2, -0.15) is 4.39 Å². The molecule has 0 bridgehead atoms.